The van der Waals surface area contributed by atoms with Gasteiger partial charge in [-0.15, -0.1) is 0 Å². The second-order valence-corrected chi connectivity index (χ2v) is 6.59. The van der Waals surface area contributed by atoms with Gasteiger partial charge < -0.3 is 15.5 Å². The van der Waals surface area contributed by atoms with Crippen molar-refractivity contribution in [2.45, 2.75) is 0 Å². The van der Waals surface area contributed by atoms with Gasteiger partial charge in [-0.2, -0.15) is 0 Å². The Balaban J connectivity index is 1.49. The zero-order chi connectivity index (χ0) is 17.4. The molecule has 2 aliphatic heterocycles. The summed E-state index contributed by atoms with van der Waals surface area (Å²) in [5.74, 6) is 0.411. The molecule has 2 fully saturated rings. The van der Waals surface area contributed by atoms with Gasteiger partial charge in [0.25, 0.3) is 5.56 Å². The number of rotatable bonds is 2. The third kappa shape index (κ3) is 3.02. The van der Waals surface area contributed by atoms with E-state index in [4.69, 9.17) is 0 Å². The number of fused-ring (bicyclic) bond motifs is 1. The standard InChI is InChI=1S/C18H19FN4O2/c19-15-7-14(23-6-2-1-3-17(23)24)4-5-16(15)21-18(25)22-10-12-8-20-9-13(12)11-22/h1-7,12-13,20H,8-11H2,(H,21,25)/t12-,13+. The van der Waals surface area contributed by atoms with E-state index < -0.39 is 5.82 Å². The Morgan fingerprint density at radius 1 is 1.16 bits per heavy atom. The third-order valence-electron chi connectivity index (χ3n) is 4.97. The maximum Gasteiger partial charge on any atom is 0.321 e. The van der Waals surface area contributed by atoms with Crippen LogP contribution in [0, 0.1) is 17.7 Å². The maximum atomic E-state index is 14.4. The summed E-state index contributed by atoms with van der Waals surface area (Å²) < 4.78 is 15.7. The van der Waals surface area contributed by atoms with Crippen LogP contribution < -0.4 is 16.2 Å². The molecule has 130 valence electrons. The van der Waals surface area contributed by atoms with Crippen LogP contribution in [0.2, 0.25) is 0 Å². The Morgan fingerprint density at radius 3 is 2.60 bits per heavy atom. The molecule has 6 nitrogen and oxygen atoms in total. The van der Waals surface area contributed by atoms with E-state index >= 15 is 0 Å². The first-order chi connectivity index (χ1) is 12.1. The molecule has 0 bridgehead atoms. The van der Waals surface area contributed by atoms with Gasteiger partial charge >= 0.3 is 6.03 Å². The summed E-state index contributed by atoms with van der Waals surface area (Å²) in [6.07, 6.45) is 1.58. The molecular weight excluding hydrogens is 323 g/mol. The van der Waals surface area contributed by atoms with Crippen molar-refractivity contribution in [1.82, 2.24) is 14.8 Å². The number of hydrogen-bond acceptors (Lipinski definition) is 3. The molecule has 0 unspecified atom stereocenters. The van der Waals surface area contributed by atoms with Crippen LogP contribution in [0.5, 0.6) is 0 Å². The van der Waals surface area contributed by atoms with E-state index in [9.17, 15) is 14.0 Å². The van der Waals surface area contributed by atoms with Crippen LogP contribution in [0.25, 0.3) is 5.69 Å². The number of likely N-dealkylation sites (tertiary alicyclic amines) is 1. The topological polar surface area (TPSA) is 66.4 Å². The lowest BCUT2D eigenvalue weighted by Crippen LogP contribution is -2.35. The molecule has 0 spiro atoms. The fourth-order valence-electron chi connectivity index (χ4n) is 3.61. The van der Waals surface area contributed by atoms with E-state index in [1.807, 2.05) is 0 Å². The van der Waals surface area contributed by atoms with E-state index in [1.165, 1.54) is 22.8 Å². The number of carbonyl (C=O) groups excluding carboxylic acids is 1. The summed E-state index contributed by atoms with van der Waals surface area (Å²) in [4.78, 5) is 25.9. The number of anilines is 1. The van der Waals surface area contributed by atoms with E-state index in [1.54, 1.807) is 29.3 Å². The number of aromatic nitrogens is 1. The first-order valence-electron chi connectivity index (χ1n) is 8.36. The molecule has 2 atom stereocenters. The Bertz CT molecular complexity index is 854. The van der Waals surface area contributed by atoms with Gasteiger partial charge in [0.2, 0.25) is 0 Å². The largest absolute Gasteiger partial charge is 0.324 e. The number of carbonyl (C=O) groups is 1. The van der Waals surface area contributed by atoms with Crippen molar-refractivity contribution < 1.29 is 9.18 Å². The van der Waals surface area contributed by atoms with E-state index in [0.29, 0.717) is 30.6 Å². The average Bonchev–Trinajstić information content (AvgIpc) is 3.19. The first kappa shape index (κ1) is 15.8. The SMILES string of the molecule is O=C(Nc1ccc(-n2ccccc2=O)cc1F)N1C[C@H]2CNC[C@H]2C1. The quantitative estimate of drug-likeness (QED) is 0.872. The van der Waals surface area contributed by atoms with Crippen LogP contribution in [0.1, 0.15) is 0 Å². The Morgan fingerprint density at radius 2 is 1.92 bits per heavy atom. The fraction of sp³-hybridized carbons (Fsp3) is 0.333. The van der Waals surface area contributed by atoms with Gasteiger partial charge in [-0.3, -0.25) is 9.36 Å². The summed E-state index contributed by atoms with van der Waals surface area (Å²) in [6.45, 7) is 3.26. The number of benzene rings is 1. The van der Waals surface area contributed by atoms with Crippen molar-refractivity contribution in [2.24, 2.45) is 11.8 Å². The average molecular weight is 342 g/mol. The molecule has 1 aromatic heterocycles. The molecule has 2 N–H and O–H groups in total. The summed E-state index contributed by atoms with van der Waals surface area (Å²) >= 11 is 0. The monoisotopic (exact) mass is 342 g/mol. The van der Waals surface area contributed by atoms with Gasteiger partial charge in [-0.1, -0.05) is 6.07 Å². The van der Waals surface area contributed by atoms with Gasteiger partial charge in [0, 0.05) is 44.5 Å². The van der Waals surface area contributed by atoms with Crippen molar-refractivity contribution in [2.75, 3.05) is 31.5 Å². The first-order valence-corrected chi connectivity index (χ1v) is 8.36. The van der Waals surface area contributed by atoms with Crippen molar-refractivity contribution in [1.29, 1.82) is 0 Å². The second kappa shape index (κ2) is 6.33. The predicted molar refractivity (Wildman–Crippen MR) is 92.4 cm³/mol. The summed E-state index contributed by atoms with van der Waals surface area (Å²) in [7, 11) is 0. The zero-order valence-corrected chi connectivity index (χ0v) is 13.6. The molecule has 2 aliphatic rings. The summed E-state index contributed by atoms with van der Waals surface area (Å²) in [5.41, 5.74) is 0.298. The number of halogens is 1. The molecular formula is C18H19FN4O2. The molecule has 0 saturated carbocycles. The molecule has 7 heteroatoms. The normalized spacial score (nSPS) is 22.0. The van der Waals surface area contributed by atoms with Crippen molar-refractivity contribution in [3.8, 4) is 5.69 Å². The van der Waals surface area contributed by atoms with E-state index in [-0.39, 0.29) is 17.3 Å². The van der Waals surface area contributed by atoms with Crippen LogP contribution >= 0.6 is 0 Å². The number of nitrogens with zero attached hydrogens (tertiary/aromatic N) is 2. The maximum absolute atomic E-state index is 14.4. The Hall–Kier alpha value is -2.67. The van der Waals surface area contributed by atoms with Crippen molar-refractivity contribution >= 4 is 11.7 Å². The molecule has 1 aromatic carbocycles. The van der Waals surface area contributed by atoms with Gasteiger partial charge in [0.05, 0.1) is 11.4 Å². The van der Waals surface area contributed by atoms with Crippen LogP contribution in [0.3, 0.4) is 0 Å². The summed E-state index contributed by atoms with van der Waals surface area (Å²) in [6, 6.07) is 8.81. The lowest BCUT2D eigenvalue weighted by Gasteiger charge is -2.18. The smallest absolute Gasteiger partial charge is 0.321 e. The number of hydrogen-bond donors (Lipinski definition) is 2. The van der Waals surface area contributed by atoms with E-state index in [2.05, 4.69) is 10.6 Å². The lowest BCUT2D eigenvalue weighted by atomic mass is 10.0. The van der Waals surface area contributed by atoms with Crippen molar-refractivity contribution in [3.63, 3.8) is 0 Å². The lowest BCUT2D eigenvalue weighted by molar-refractivity contribution is 0.219. The van der Waals surface area contributed by atoms with E-state index in [0.717, 1.165) is 13.1 Å². The van der Waals surface area contributed by atoms with Crippen LogP contribution in [-0.2, 0) is 0 Å². The van der Waals surface area contributed by atoms with Gasteiger partial charge in [-0.25, -0.2) is 9.18 Å². The minimum absolute atomic E-state index is 0.118. The van der Waals surface area contributed by atoms with Crippen molar-refractivity contribution in [3.05, 3.63) is 58.8 Å². The van der Waals surface area contributed by atoms with Gasteiger partial charge in [-0.05, 0) is 30.0 Å². The third-order valence-corrected chi connectivity index (χ3v) is 4.97. The molecule has 2 saturated heterocycles. The molecule has 25 heavy (non-hydrogen) atoms. The molecule has 2 aromatic rings. The second-order valence-electron chi connectivity index (χ2n) is 6.59. The molecule has 3 heterocycles. The summed E-state index contributed by atoms with van der Waals surface area (Å²) in [5, 5.41) is 5.96. The van der Waals surface area contributed by atoms with Crippen LogP contribution in [0.4, 0.5) is 14.9 Å². The molecule has 0 radical (unpaired) electrons. The minimum atomic E-state index is -0.567. The van der Waals surface area contributed by atoms with Gasteiger partial charge in [0.1, 0.15) is 5.82 Å². The highest BCUT2D eigenvalue weighted by molar-refractivity contribution is 5.89. The number of urea groups is 1. The highest BCUT2D eigenvalue weighted by atomic mass is 19.1. The molecule has 4 rings (SSSR count). The highest BCUT2D eigenvalue weighted by Crippen LogP contribution is 2.27. The number of pyridine rings is 1. The minimum Gasteiger partial charge on any atom is -0.324 e. The van der Waals surface area contributed by atoms with Gasteiger partial charge in [0.15, 0.2) is 0 Å². The molecule has 2 amide bonds. The number of nitrogens with one attached hydrogen (secondary N) is 2. The fourth-order valence-corrected chi connectivity index (χ4v) is 3.61. The highest BCUT2D eigenvalue weighted by Gasteiger charge is 2.38. The Labute approximate surface area is 144 Å². The number of amides is 2. The predicted octanol–water partition coefficient (Wildman–Crippen LogP) is 1.66. The zero-order valence-electron chi connectivity index (χ0n) is 13.6. The van der Waals surface area contributed by atoms with Crippen LogP contribution in [-0.4, -0.2) is 41.7 Å². The van der Waals surface area contributed by atoms with Crippen LogP contribution in [0.15, 0.2) is 47.4 Å². The Kier molecular flexibility index (Phi) is 4.01. The molecule has 0 aliphatic carbocycles.